The van der Waals surface area contributed by atoms with Gasteiger partial charge in [-0.3, -0.25) is 4.79 Å². The molecule has 5 aromatic rings. The van der Waals surface area contributed by atoms with Crippen LogP contribution in [0.25, 0.3) is 21.7 Å². The highest BCUT2D eigenvalue weighted by Crippen LogP contribution is 2.55. The van der Waals surface area contributed by atoms with Crippen LogP contribution in [0.1, 0.15) is 72.2 Å². The van der Waals surface area contributed by atoms with E-state index in [4.69, 9.17) is 9.47 Å². The minimum Gasteiger partial charge on any atom is -0.508 e. The molecule has 216 valence electrons. The minimum absolute atomic E-state index is 0.00531. The van der Waals surface area contributed by atoms with Crippen molar-refractivity contribution in [2.75, 3.05) is 7.11 Å². The summed E-state index contributed by atoms with van der Waals surface area (Å²) in [6.07, 6.45) is 3.48. The van der Waals surface area contributed by atoms with Gasteiger partial charge < -0.3 is 29.8 Å². The number of aromatic nitrogens is 1. The van der Waals surface area contributed by atoms with Gasteiger partial charge in [0.25, 0.3) is 0 Å². The van der Waals surface area contributed by atoms with Crippen molar-refractivity contribution in [1.29, 1.82) is 0 Å². The lowest BCUT2D eigenvalue weighted by Gasteiger charge is -2.32. The standard InChI is InChI=1S/C35H35NO6/c1-19(2)7-8-22(17-21-5-4-6-25-24(21)13-14-27-26(25)15-16-36-27)30-32(39)35(41-3)33(40)31-28(38)18-29(42-34(30)31)20-9-11-23(37)12-10-20/h4-6,9-16,19,22,29,36-37,39-40H,7-8,17-18H2,1-3H3. The number of carbonyl (C=O) groups excluding carboxylic acids is 1. The molecule has 1 aromatic heterocycles. The Morgan fingerprint density at radius 1 is 0.929 bits per heavy atom. The van der Waals surface area contributed by atoms with Gasteiger partial charge in [-0.05, 0) is 70.8 Å². The van der Waals surface area contributed by atoms with E-state index >= 15 is 0 Å². The van der Waals surface area contributed by atoms with E-state index in [1.54, 1.807) is 24.3 Å². The number of methoxy groups -OCH3 is 1. The zero-order chi connectivity index (χ0) is 29.5. The molecular weight excluding hydrogens is 530 g/mol. The summed E-state index contributed by atoms with van der Waals surface area (Å²) in [4.78, 5) is 16.9. The maximum absolute atomic E-state index is 13.6. The molecule has 4 N–H and O–H groups in total. The van der Waals surface area contributed by atoms with Crippen LogP contribution in [-0.4, -0.2) is 33.2 Å². The molecule has 6 rings (SSSR count). The number of Topliss-reactive ketones (excluding diaryl/α,β-unsaturated/α-hetero) is 1. The van der Waals surface area contributed by atoms with Gasteiger partial charge in [-0.2, -0.15) is 0 Å². The van der Waals surface area contributed by atoms with Crippen molar-refractivity contribution < 1.29 is 29.6 Å². The summed E-state index contributed by atoms with van der Waals surface area (Å²) < 4.78 is 12.0. The van der Waals surface area contributed by atoms with E-state index in [1.807, 2.05) is 6.20 Å². The molecule has 1 aliphatic heterocycles. The van der Waals surface area contributed by atoms with Crippen molar-refractivity contribution >= 4 is 27.5 Å². The molecule has 0 amide bonds. The molecule has 7 heteroatoms. The lowest BCUT2D eigenvalue weighted by Crippen LogP contribution is -2.23. The summed E-state index contributed by atoms with van der Waals surface area (Å²) in [6.45, 7) is 4.32. The number of phenolic OH excluding ortho intramolecular Hbond substituents is 3. The molecule has 2 unspecified atom stereocenters. The third-order valence-corrected chi connectivity index (χ3v) is 8.42. The number of fused-ring (bicyclic) bond motifs is 4. The summed E-state index contributed by atoms with van der Waals surface area (Å²) >= 11 is 0. The number of hydrogen-bond acceptors (Lipinski definition) is 6. The van der Waals surface area contributed by atoms with Crippen LogP contribution >= 0.6 is 0 Å². The third-order valence-electron chi connectivity index (χ3n) is 8.42. The van der Waals surface area contributed by atoms with Crippen LogP contribution in [0.2, 0.25) is 0 Å². The zero-order valence-corrected chi connectivity index (χ0v) is 24.0. The van der Waals surface area contributed by atoms with Crippen LogP contribution in [0.4, 0.5) is 0 Å². The Kier molecular flexibility index (Phi) is 7.19. The molecule has 2 heterocycles. The molecule has 0 radical (unpaired) electrons. The second-order valence-electron chi connectivity index (χ2n) is 11.6. The number of ketones is 1. The SMILES string of the molecule is COc1c(O)c2c(c(C(CCC(C)C)Cc3cccc4c3ccc3[nH]ccc34)c1O)OC(c1ccc(O)cc1)CC2=O. The Balaban J connectivity index is 1.51. The Labute approximate surface area is 244 Å². The number of phenols is 3. The van der Waals surface area contributed by atoms with Crippen LogP contribution in [0.3, 0.4) is 0 Å². The van der Waals surface area contributed by atoms with E-state index < -0.39 is 11.9 Å². The van der Waals surface area contributed by atoms with Gasteiger partial charge in [-0.25, -0.2) is 0 Å². The molecule has 0 aliphatic carbocycles. The molecule has 0 saturated heterocycles. The molecular formula is C35H35NO6. The first-order valence-corrected chi connectivity index (χ1v) is 14.4. The summed E-state index contributed by atoms with van der Waals surface area (Å²) in [6, 6.07) is 19.1. The second kappa shape index (κ2) is 11.0. The first-order chi connectivity index (χ1) is 20.3. The highest BCUT2D eigenvalue weighted by atomic mass is 16.5. The topological polar surface area (TPSA) is 112 Å². The van der Waals surface area contributed by atoms with E-state index in [0.717, 1.165) is 45.6 Å². The highest BCUT2D eigenvalue weighted by molar-refractivity contribution is 6.07. The maximum Gasteiger partial charge on any atom is 0.204 e. The molecule has 0 saturated carbocycles. The molecule has 0 bridgehead atoms. The lowest BCUT2D eigenvalue weighted by molar-refractivity contribution is 0.0839. The quantitative estimate of drug-likeness (QED) is 0.152. The van der Waals surface area contributed by atoms with E-state index in [0.29, 0.717) is 17.9 Å². The third kappa shape index (κ3) is 4.79. The Morgan fingerprint density at radius 3 is 2.45 bits per heavy atom. The lowest BCUT2D eigenvalue weighted by atomic mass is 9.81. The average molecular weight is 566 g/mol. The van der Waals surface area contributed by atoms with Crippen LogP contribution in [0, 0.1) is 5.92 Å². The number of nitrogens with one attached hydrogen (secondary N) is 1. The first kappa shape index (κ1) is 27.5. The summed E-state index contributed by atoms with van der Waals surface area (Å²) in [5.41, 5.74) is 3.41. The fraction of sp³-hybridized carbons (Fsp3) is 0.286. The predicted octanol–water partition coefficient (Wildman–Crippen LogP) is 7.92. The molecule has 42 heavy (non-hydrogen) atoms. The van der Waals surface area contributed by atoms with Gasteiger partial charge in [-0.15, -0.1) is 0 Å². The molecule has 4 aromatic carbocycles. The van der Waals surface area contributed by atoms with Gasteiger partial charge in [0.15, 0.2) is 17.3 Å². The van der Waals surface area contributed by atoms with Crippen LogP contribution in [0.15, 0.2) is 66.9 Å². The maximum atomic E-state index is 13.6. The van der Waals surface area contributed by atoms with Gasteiger partial charge in [0, 0.05) is 22.7 Å². The number of hydrogen-bond donors (Lipinski definition) is 4. The van der Waals surface area contributed by atoms with E-state index in [9.17, 15) is 20.1 Å². The number of H-pyrrole nitrogens is 1. The van der Waals surface area contributed by atoms with Gasteiger partial charge >= 0.3 is 0 Å². The molecule has 0 fully saturated rings. The van der Waals surface area contributed by atoms with Gasteiger partial charge in [0.05, 0.1) is 13.5 Å². The molecule has 2 atom stereocenters. The fourth-order valence-corrected chi connectivity index (χ4v) is 6.27. The van der Waals surface area contributed by atoms with Crippen molar-refractivity contribution in [3.05, 3.63) is 89.1 Å². The zero-order valence-electron chi connectivity index (χ0n) is 24.0. The van der Waals surface area contributed by atoms with Crippen molar-refractivity contribution in [1.82, 2.24) is 4.98 Å². The second-order valence-corrected chi connectivity index (χ2v) is 11.6. The Bertz CT molecular complexity index is 1790. The Morgan fingerprint density at radius 2 is 1.71 bits per heavy atom. The highest BCUT2D eigenvalue weighted by Gasteiger charge is 2.38. The number of rotatable bonds is 8. The van der Waals surface area contributed by atoms with E-state index in [1.165, 1.54) is 7.11 Å². The Hall–Kier alpha value is -4.65. The van der Waals surface area contributed by atoms with E-state index in [-0.39, 0.29) is 46.7 Å². The van der Waals surface area contributed by atoms with Crippen molar-refractivity contribution in [2.24, 2.45) is 5.92 Å². The number of aromatic amines is 1. The van der Waals surface area contributed by atoms with Crippen LogP contribution < -0.4 is 9.47 Å². The van der Waals surface area contributed by atoms with Gasteiger partial charge in [-0.1, -0.05) is 56.7 Å². The van der Waals surface area contributed by atoms with Crippen molar-refractivity contribution in [3.63, 3.8) is 0 Å². The number of aromatic hydroxyl groups is 3. The first-order valence-electron chi connectivity index (χ1n) is 14.4. The van der Waals surface area contributed by atoms with Gasteiger partial charge in [0.2, 0.25) is 5.75 Å². The number of ether oxygens (including phenoxy) is 2. The smallest absolute Gasteiger partial charge is 0.204 e. The average Bonchev–Trinajstić information content (AvgIpc) is 3.46. The predicted molar refractivity (Wildman–Crippen MR) is 163 cm³/mol. The monoisotopic (exact) mass is 565 g/mol. The van der Waals surface area contributed by atoms with Crippen LogP contribution in [-0.2, 0) is 6.42 Å². The molecule has 0 spiro atoms. The number of carbonyl (C=O) groups is 1. The normalized spacial score (nSPS) is 15.6. The summed E-state index contributed by atoms with van der Waals surface area (Å²) in [7, 11) is 1.37. The molecule has 7 nitrogen and oxygen atoms in total. The van der Waals surface area contributed by atoms with Crippen LogP contribution in [0.5, 0.6) is 28.7 Å². The summed E-state index contributed by atoms with van der Waals surface area (Å²) in [5, 5.41) is 35.9. The summed E-state index contributed by atoms with van der Waals surface area (Å²) in [5.74, 6) is -0.567. The van der Waals surface area contributed by atoms with E-state index in [2.05, 4.69) is 55.2 Å². The van der Waals surface area contributed by atoms with Crippen molar-refractivity contribution in [3.8, 4) is 28.7 Å². The largest absolute Gasteiger partial charge is 0.508 e. The number of benzene rings is 4. The minimum atomic E-state index is -0.637. The van der Waals surface area contributed by atoms with Crippen molar-refractivity contribution in [2.45, 2.75) is 51.6 Å². The van der Waals surface area contributed by atoms with Gasteiger partial charge in [0.1, 0.15) is 23.2 Å². The fourth-order valence-electron chi connectivity index (χ4n) is 6.27. The molecule has 1 aliphatic rings.